The minimum Gasteiger partial charge on any atom is -0.444 e. The zero-order valence-electron chi connectivity index (χ0n) is 19.9. The largest absolute Gasteiger partial charge is 0.444 e. The van der Waals surface area contributed by atoms with Crippen LogP contribution in [0.2, 0.25) is 0 Å². The molecule has 1 fully saturated rings. The van der Waals surface area contributed by atoms with Crippen molar-refractivity contribution >= 4 is 22.0 Å². The van der Waals surface area contributed by atoms with Gasteiger partial charge in [-0.2, -0.15) is 13.2 Å². The smallest absolute Gasteiger partial charge is 0.416 e. The second-order valence-electron chi connectivity index (χ2n) is 9.72. The van der Waals surface area contributed by atoms with Crippen LogP contribution in [-0.4, -0.2) is 47.9 Å². The van der Waals surface area contributed by atoms with E-state index in [9.17, 15) is 22.4 Å². The van der Waals surface area contributed by atoms with Gasteiger partial charge in [-0.15, -0.1) is 0 Å². The highest BCUT2D eigenvalue weighted by Crippen LogP contribution is 2.37. The summed E-state index contributed by atoms with van der Waals surface area (Å²) in [7, 11) is 0. The molecule has 1 amide bonds. The molecule has 1 aromatic carbocycles. The summed E-state index contributed by atoms with van der Waals surface area (Å²) in [6.45, 7) is 6.76. The Bertz CT molecular complexity index is 1010. The number of rotatable bonds is 6. The number of hydrogen-bond donors (Lipinski definition) is 0. The van der Waals surface area contributed by atoms with E-state index in [1.165, 1.54) is 12.1 Å². The van der Waals surface area contributed by atoms with Gasteiger partial charge in [-0.05, 0) is 79.4 Å². The molecule has 0 N–H and O–H groups in total. The molecule has 0 saturated carbocycles. The maximum Gasteiger partial charge on any atom is 0.416 e. The van der Waals surface area contributed by atoms with Crippen LogP contribution in [0, 0.1) is 5.82 Å². The van der Waals surface area contributed by atoms with Crippen molar-refractivity contribution in [2.45, 2.75) is 57.2 Å². The van der Waals surface area contributed by atoms with Gasteiger partial charge < -0.3 is 14.4 Å². The second-order valence-corrected chi connectivity index (χ2v) is 10.5. The Morgan fingerprint density at radius 2 is 1.74 bits per heavy atom. The van der Waals surface area contributed by atoms with Crippen molar-refractivity contribution in [2.24, 2.45) is 0 Å². The van der Waals surface area contributed by atoms with E-state index < -0.39 is 22.8 Å². The van der Waals surface area contributed by atoms with Crippen molar-refractivity contribution in [1.29, 1.82) is 0 Å². The number of alkyl halides is 3. The predicted molar refractivity (Wildman–Crippen MR) is 127 cm³/mol. The van der Waals surface area contributed by atoms with Crippen molar-refractivity contribution in [1.82, 2.24) is 9.88 Å². The van der Waals surface area contributed by atoms with Crippen molar-refractivity contribution in [2.75, 3.05) is 26.3 Å². The first-order valence-corrected chi connectivity index (χ1v) is 12.1. The van der Waals surface area contributed by atoms with Crippen LogP contribution in [-0.2, 0) is 27.5 Å². The number of ether oxygens (including phenoxy) is 2. The minimum absolute atomic E-state index is 0.111. The highest BCUT2D eigenvalue weighted by Gasteiger charge is 2.39. The normalized spacial score (nSPS) is 16.3. The molecular weight excluding hydrogens is 532 g/mol. The highest BCUT2D eigenvalue weighted by atomic mass is 79.9. The van der Waals surface area contributed by atoms with Gasteiger partial charge in [0.1, 0.15) is 16.0 Å². The van der Waals surface area contributed by atoms with Crippen molar-refractivity contribution < 1.29 is 31.8 Å². The van der Waals surface area contributed by atoms with Gasteiger partial charge in [-0.1, -0.05) is 12.1 Å². The van der Waals surface area contributed by atoms with E-state index in [2.05, 4.69) is 20.9 Å². The fraction of sp³-hybridized carbons (Fsp3) is 0.520. The van der Waals surface area contributed by atoms with Gasteiger partial charge in [-0.3, -0.25) is 0 Å². The van der Waals surface area contributed by atoms with Crippen LogP contribution in [0.25, 0.3) is 0 Å². The third-order valence-corrected chi connectivity index (χ3v) is 6.29. The molecule has 1 aliphatic heterocycles. The van der Waals surface area contributed by atoms with Gasteiger partial charge >= 0.3 is 12.3 Å². The lowest BCUT2D eigenvalue weighted by molar-refractivity contribution is -0.137. The van der Waals surface area contributed by atoms with E-state index >= 15 is 0 Å². The Kier molecular flexibility index (Phi) is 8.47. The zero-order chi connectivity index (χ0) is 25.9. The van der Waals surface area contributed by atoms with Crippen molar-refractivity contribution in [3.8, 4) is 0 Å². The van der Waals surface area contributed by atoms with Crippen LogP contribution in [0.4, 0.5) is 22.4 Å². The monoisotopic (exact) mass is 560 g/mol. The predicted octanol–water partition coefficient (Wildman–Crippen LogP) is 6.53. The summed E-state index contributed by atoms with van der Waals surface area (Å²) >= 11 is 3.03. The second kappa shape index (κ2) is 10.8. The molecule has 35 heavy (non-hydrogen) atoms. The topological polar surface area (TPSA) is 51.7 Å². The minimum atomic E-state index is -4.46. The lowest BCUT2D eigenvalue weighted by Gasteiger charge is -2.42. The van der Waals surface area contributed by atoms with Crippen LogP contribution in [0.15, 0.2) is 41.0 Å². The maximum atomic E-state index is 13.6. The molecular formula is C25H29BrF4N2O3. The molecule has 3 rings (SSSR count). The molecule has 5 nitrogen and oxygen atoms in total. The molecule has 2 aromatic rings. The van der Waals surface area contributed by atoms with Gasteiger partial charge in [0.05, 0.1) is 18.8 Å². The lowest BCUT2D eigenvalue weighted by Crippen LogP contribution is -2.48. The Hall–Kier alpha value is -2.20. The molecule has 0 spiro atoms. The summed E-state index contributed by atoms with van der Waals surface area (Å²) < 4.78 is 64.3. The van der Waals surface area contributed by atoms with Gasteiger partial charge in [0.25, 0.3) is 0 Å². The summed E-state index contributed by atoms with van der Waals surface area (Å²) in [5.74, 6) is -0.350. The number of amides is 1. The first-order valence-electron chi connectivity index (χ1n) is 11.3. The van der Waals surface area contributed by atoms with Crippen LogP contribution < -0.4 is 0 Å². The molecule has 2 heterocycles. The molecule has 10 heteroatoms. The average molecular weight is 561 g/mol. The van der Waals surface area contributed by atoms with Gasteiger partial charge in [0.15, 0.2) is 0 Å². The van der Waals surface area contributed by atoms with Crippen LogP contribution in [0.5, 0.6) is 0 Å². The Morgan fingerprint density at radius 3 is 2.31 bits per heavy atom. The molecule has 0 bridgehead atoms. The first-order chi connectivity index (χ1) is 16.3. The van der Waals surface area contributed by atoms with Gasteiger partial charge in [0.2, 0.25) is 0 Å². The molecule has 0 aliphatic carbocycles. The van der Waals surface area contributed by atoms with E-state index in [0.717, 1.165) is 17.7 Å². The molecule has 1 saturated heterocycles. The van der Waals surface area contributed by atoms with Crippen LogP contribution >= 0.6 is 15.9 Å². The summed E-state index contributed by atoms with van der Waals surface area (Å²) in [6.07, 6.45) is -3.49. The van der Waals surface area contributed by atoms with E-state index in [1.54, 1.807) is 17.0 Å². The van der Waals surface area contributed by atoms with E-state index in [0.29, 0.717) is 25.9 Å². The van der Waals surface area contributed by atoms with E-state index in [4.69, 9.17) is 9.47 Å². The number of aromatic nitrogens is 1. The van der Waals surface area contributed by atoms with E-state index in [-0.39, 0.29) is 41.8 Å². The molecule has 1 aromatic heterocycles. The SMILES string of the molecule is CC(C)(C)OC(=O)N1CCC(COCCc2cc(C(F)(F)F)cc(Br)n2)(c2ccc(F)cc2)CC1. The molecule has 0 atom stereocenters. The quantitative estimate of drug-likeness (QED) is 0.229. The number of halogens is 5. The fourth-order valence-electron chi connectivity index (χ4n) is 4.05. The van der Waals surface area contributed by atoms with Crippen molar-refractivity contribution in [3.05, 3.63) is 63.6 Å². The number of likely N-dealkylation sites (tertiary alicyclic amines) is 1. The average Bonchev–Trinajstić information content (AvgIpc) is 2.75. The number of carbonyl (C=O) groups excluding carboxylic acids is 1. The summed E-state index contributed by atoms with van der Waals surface area (Å²) in [4.78, 5) is 18.2. The lowest BCUT2D eigenvalue weighted by atomic mass is 9.73. The summed E-state index contributed by atoms with van der Waals surface area (Å²) in [6, 6.07) is 8.17. The maximum absolute atomic E-state index is 13.6. The first kappa shape index (κ1) is 27.4. The number of hydrogen-bond acceptors (Lipinski definition) is 4. The van der Waals surface area contributed by atoms with Gasteiger partial charge in [0, 0.05) is 30.6 Å². The number of pyridine rings is 1. The molecule has 192 valence electrons. The highest BCUT2D eigenvalue weighted by molar-refractivity contribution is 9.10. The Labute approximate surface area is 210 Å². The molecule has 0 radical (unpaired) electrons. The Balaban J connectivity index is 1.67. The van der Waals surface area contributed by atoms with Crippen molar-refractivity contribution in [3.63, 3.8) is 0 Å². The third-order valence-electron chi connectivity index (χ3n) is 5.88. The molecule has 1 aliphatic rings. The van der Waals surface area contributed by atoms with Crippen LogP contribution in [0.1, 0.15) is 50.4 Å². The van der Waals surface area contributed by atoms with E-state index in [1.807, 2.05) is 20.8 Å². The number of benzene rings is 1. The third kappa shape index (κ3) is 7.64. The number of piperidine rings is 1. The number of nitrogens with zero attached hydrogens (tertiary/aromatic N) is 2. The van der Waals surface area contributed by atoms with Gasteiger partial charge in [-0.25, -0.2) is 14.2 Å². The Morgan fingerprint density at radius 1 is 1.11 bits per heavy atom. The van der Waals surface area contributed by atoms with Crippen LogP contribution in [0.3, 0.4) is 0 Å². The summed E-state index contributed by atoms with van der Waals surface area (Å²) in [5, 5.41) is 0. The standard InChI is InChI=1S/C25H29BrF4N2O3/c1-23(2,3)35-22(33)32-11-9-24(10-12-32,17-4-6-19(27)7-5-17)16-34-13-8-20-14-18(25(28,29)30)15-21(26)31-20/h4-7,14-15H,8-13,16H2,1-3H3. The fourth-order valence-corrected chi connectivity index (χ4v) is 4.53. The number of carbonyl (C=O) groups is 1. The molecule has 0 unspecified atom stereocenters. The summed E-state index contributed by atoms with van der Waals surface area (Å²) in [5.41, 5.74) is -0.678. The zero-order valence-corrected chi connectivity index (χ0v) is 21.5.